The van der Waals surface area contributed by atoms with Gasteiger partial charge in [0, 0.05) is 7.05 Å². The van der Waals surface area contributed by atoms with Crippen molar-refractivity contribution in [2.24, 2.45) is 0 Å². The van der Waals surface area contributed by atoms with Gasteiger partial charge in [-0.2, -0.15) is 5.26 Å². The number of urea groups is 1. The summed E-state index contributed by atoms with van der Waals surface area (Å²) in [4.78, 5) is 28.3. The molecule has 2 fully saturated rings. The normalized spacial score (nSPS) is 20.5. The minimum atomic E-state index is -0.623. The Hall–Kier alpha value is -2.35. The third-order valence-corrected chi connectivity index (χ3v) is 4.91. The van der Waals surface area contributed by atoms with Gasteiger partial charge in [0.05, 0.1) is 18.2 Å². The zero-order valence-corrected chi connectivity index (χ0v) is 12.7. The first kappa shape index (κ1) is 14.6. The molecular formula is C17H19N3O2. The molecule has 1 aromatic carbocycles. The van der Waals surface area contributed by atoms with Gasteiger partial charge in [-0.1, -0.05) is 31.4 Å². The average Bonchev–Trinajstić information content (AvgIpc) is 2.73. The number of hydrogen-bond donors (Lipinski definition) is 0. The summed E-state index contributed by atoms with van der Waals surface area (Å²) in [5.41, 5.74) is 0.813. The highest BCUT2D eigenvalue weighted by Crippen LogP contribution is 2.39. The molecule has 1 saturated heterocycles. The Kier molecular flexibility index (Phi) is 3.61. The van der Waals surface area contributed by atoms with Gasteiger partial charge in [-0.15, -0.1) is 0 Å². The smallest absolute Gasteiger partial charge is 0.313 e. The van der Waals surface area contributed by atoms with Gasteiger partial charge >= 0.3 is 6.03 Å². The Morgan fingerprint density at radius 1 is 1.14 bits per heavy atom. The second kappa shape index (κ2) is 5.45. The second-order valence-electron chi connectivity index (χ2n) is 6.13. The van der Waals surface area contributed by atoms with E-state index in [0.29, 0.717) is 5.56 Å². The fraction of sp³-hybridized carbons (Fsp3) is 0.471. The maximum atomic E-state index is 12.8. The summed E-state index contributed by atoms with van der Waals surface area (Å²) < 4.78 is 0. The van der Waals surface area contributed by atoms with Gasteiger partial charge in [-0.05, 0) is 30.5 Å². The molecule has 1 aromatic rings. The summed E-state index contributed by atoms with van der Waals surface area (Å²) >= 11 is 0. The third kappa shape index (κ3) is 2.16. The molecule has 3 rings (SSSR count). The molecule has 0 unspecified atom stereocenters. The molecule has 1 spiro atoms. The molecule has 3 amide bonds. The van der Waals surface area contributed by atoms with Crippen molar-refractivity contribution in [2.75, 3.05) is 7.05 Å². The Bertz CT molecular complexity index is 639. The number of imide groups is 1. The van der Waals surface area contributed by atoms with Crippen LogP contribution in [0, 0.1) is 11.3 Å². The summed E-state index contributed by atoms with van der Waals surface area (Å²) in [6, 6.07) is 8.86. The van der Waals surface area contributed by atoms with Gasteiger partial charge < -0.3 is 4.90 Å². The number of benzene rings is 1. The van der Waals surface area contributed by atoms with Crippen LogP contribution in [-0.2, 0) is 11.3 Å². The number of carbonyl (C=O) groups is 2. The van der Waals surface area contributed by atoms with Crippen molar-refractivity contribution in [1.29, 1.82) is 5.26 Å². The van der Waals surface area contributed by atoms with Gasteiger partial charge in [-0.25, -0.2) is 4.79 Å². The predicted octanol–water partition coefficient (Wildman–Crippen LogP) is 2.66. The van der Waals surface area contributed by atoms with E-state index in [2.05, 4.69) is 6.07 Å². The Labute approximate surface area is 130 Å². The first-order chi connectivity index (χ1) is 10.6. The maximum Gasteiger partial charge on any atom is 0.327 e. The molecule has 5 heteroatoms. The number of amides is 3. The standard InChI is InChI=1S/C17H19N3O2/c1-19-16(22)20(12-14-7-5-13(11-18)6-8-14)15(21)17(19)9-3-2-4-10-17/h5-8H,2-4,9-10,12H2,1H3. The zero-order chi connectivity index (χ0) is 15.7. The molecular weight excluding hydrogens is 278 g/mol. The fourth-order valence-electron chi connectivity index (χ4n) is 3.54. The number of carbonyl (C=O) groups excluding carboxylic acids is 2. The van der Waals surface area contributed by atoms with Crippen LogP contribution in [0.1, 0.15) is 43.2 Å². The lowest BCUT2D eigenvalue weighted by Crippen LogP contribution is -2.49. The average molecular weight is 297 g/mol. The Balaban J connectivity index is 1.83. The zero-order valence-electron chi connectivity index (χ0n) is 12.7. The third-order valence-electron chi connectivity index (χ3n) is 4.91. The van der Waals surface area contributed by atoms with E-state index < -0.39 is 5.54 Å². The van der Waals surface area contributed by atoms with Gasteiger partial charge in [0.2, 0.25) is 0 Å². The molecule has 2 aliphatic rings. The first-order valence-electron chi connectivity index (χ1n) is 7.67. The van der Waals surface area contributed by atoms with Gasteiger partial charge in [0.25, 0.3) is 5.91 Å². The van der Waals surface area contributed by atoms with E-state index in [1.807, 2.05) is 0 Å². The Morgan fingerprint density at radius 2 is 1.77 bits per heavy atom. The van der Waals surface area contributed by atoms with E-state index in [1.54, 1.807) is 36.2 Å². The number of hydrogen-bond acceptors (Lipinski definition) is 3. The van der Waals surface area contributed by atoms with Gasteiger partial charge in [0.15, 0.2) is 0 Å². The summed E-state index contributed by atoms with van der Waals surface area (Å²) in [5.74, 6) is -0.0657. The topological polar surface area (TPSA) is 64.4 Å². The lowest BCUT2D eigenvalue weighted by molar-refractivity contribution is -0.134. The van der Waals surface area contributed by atoms with Crippen molar-refractivity contribution < 1.29 is 9.59 Å². The number of nitrogens with zero attached hydrogens (tertiary/aromatic N) is 3. The predicted molar refractivity (Wildman–Crippen MR) is 80.7 cm³/mol. The molecule has 1 saturated carbocycles. The second-order valence-corrected chi connectivity index (χ2v) is 6.13. The molecule has 0 bridgehead atoms. The molecule has 0 radical (unpaired) electrons. The van der Waals surface area contributed by atoms with E-state index >= 15 is 0 Å². The highest BCUT2D eigenvalue weighted by Gasteiger charge is 2.55. The molecule has 0 atom stereocenters. The largest absolute Gasteiger partial charge is 0.327 e. The van der Waals surface area contributed by atoms with Crippen LogP contribution in [0.2, 0.25) is 0 Å². The lowest BCUT2D eigenvalue weighted by Gasteiger charge is -2.35. The van der Waals surface area contributed by atoms with Crippen molar-refractivity contribution in [3.8, 4) is 6.07 Å². The van der Waals surface area contributed by atoms with Crippen LogP contribution < -0.4 is 0 Å². The monoisotopic (exact) mass is 297 g/mol. The Morgan fingerprint density at radius 3 is 2.36 bits per heavy atom. The molecule has 0 N–H and O–H groups in total. The SMILES string of the molecule is CN1C(=O)N(Cc2ccc(C#N)cc2)C(=O)C12CCCCC2. The van der Waals surface area contributed by atoms with Crippen LogP contribution in [0.15, 0.2) is 24.3 Å². The first-order valence-corrected chi connectivity index (χ1v) is 7.67. The minimum Gasteiger partial charge on any atom is -0.313 e. The molecule has 1 aliphatic carbocycles. The molecule has 1 heterocycles. The lowest BCUT2D eigenvalue weighted by atomic mass is 9.81. The van der Waals surface area contributed by atoms with Crippen molar-refractivity contribution in [3.05, 3.63) is 35.4 Å². The highest BCUT2D eigenvalue weighted by molar-refractivity contribution is 6.06. The number of nitriles is 1. The fourth-order valence-corrected chi connectivity index (χ4v) is 3.54. The summed E-state index contributed by atoms with van der Waals surface area (Å²) in [7, 11) is 1.74. The maximum absolute atomic E-state index is 12.8. The van der Waals surface area contributed by atoms with Crippen LogP contribution in [0.25, 0.3) is 0 Å². The number of likely N-dealkylation sites (N-methyl/N-ethyl adjacent to an activating group) is 1. The van der Waals surface area contributed by atoms with Crippen LogP contribution >= 0.6 is 0 Å². The van der Waals surface area contributed by atoms with Crippen molar-refractivity contribution in [3.63, 3.8) is 0 Å². The van der Waals surface area contributed by atoms with E-state index in [1.165, 1.54) is 4.90 Å². The van der Waals surface area contributed by atoms with E-state index in [0.717, 1.165) is 37.7 Å². The van der Waals surface area contributed by atoms with Crippen molar-refractivity contribution >= 4 is 11.9 Å². The van der Waals surface area contributed by atoms with E-state index in [9.17, 15) is 9.59 Å². The van der Waals surface area contributed by atoms with E-state index in [-0.39, 0.29) is 18.5 Å². The van der Waals surface area contributed by atoms with E-state index in [4.69, 9.17) is 5.26 Å². The molecule has 0 aromatic heterocycles. The van der Waals surface area contributed by atoms with Gasteiger partial charge in [0.1, 0.15) is 5.54 Å². The van der Waals surface area contributed by atoms with Crippen LogP contribution in [0.4, 0.5) is 4.79 Å². The van der Waals surface area contributed by atoms with Crippen LogP contribution in [0.5, 0.6) is 0 Å². The number of rotatable bonds is 2. The molecule has 1 aliphatic heterocycles. The van der Waals surface area contributed by atoms with Crippen molar-refractivity contribution in [2.45, 2.75) is 44.2 Å². The molecule has 5 nitrogen and oxygen atoms in total. The summed E-state index contributed by atoms with van der Waals surface area (Å²) in [6.45, 7) is 0.273. The van der Waals surface area contributed by atoms with Crippen molar-refractivity contribution in [1.82, 2.24) is 9.80 Å². The highest BCUT2D eigenvalue weighted by atomic mass is 16.2. The summed E-state index contributed by atoms with van der Waals surface area (Å²) in [5, 5.41) is 8.82. The van der Waals surface area contributed by atoms with Crippen LogP contribution in [-0.4, -0.2) is 34.3 Å². The molecule has 114 valence electrons. The van der Waals surface area contributed by atoms with Crippen LogP contribution in [0.3, 0.4) is 0 Å². The van der Waals surface area contributed by atoms with Gasteiger partial charge in [-0.3, -0.25) is 9.69 Å². The summed E-state index contributed by atoms with van der Waals surface area (Å²) in [6.07, 6.45) is 4.64. The minimum absolute atomic E-state index is 0.0657. The molecule has 22 heavy (non-hydrogen) atoms. The quantitative estimate of drug-likeness (QED) is 0.788.